The van der Waals surface area contributed by atoms with Crippen molar-refractivity contribution in [3.8, 4) is 5.88 Å². The standard InChI is InChI=1S/C23H22FN3O3/c24-17-9-7-16(8-10-17)20-13-27(11-12-29-20)23(28)21-25-19-4-2-1-3-18(19)22(26-21)30-14-15-5-6-15/h1-4,7-10,15,20H,5-6,11-14H2/t20-/m1/s1. The predicted molar refractivity (Wildman–Crippen MR) is 109 cm³/mol. The molecule has 30 heavy (non-hydrogen) atoms. The molecule has 1 amide bonds. The first-order valence-corrected chi connectivity index (χ1v) is 10.2. The number of rotatable bonds is 5. The number of nitrogens with zero attached hydrogens (tertiary/aromatic N) is 3. The fraction of sp³-hybridized carbons (Fsp3) is 0.348. The second-order valence-electron chi connectivity index (χ2n) is 7.79. The number of morpholine rings is 1. The van der Waals surface area contributed by atoms with Crippen molar-refractivity contribution in [3.05, 3.63) is 65.7 Å². The second-order valence-corrected chi connectivity index (χ2v) is 7.79. The highest BCUT2D eigenvalue weighted by molar-refractivity contribution is 5.94. The van der Waals surface area contributed by atoms with Crippen LogP contribution in [0.2, 0.25) is 0 Å². The lowest BCUT2D eigenvalue weighted by atomic mass is 10.1. The Labute approximate surface area is 173 Å². The normalized spacial score (nSPS) is 19.1. The van der Waals surface area contributed by atoms with Crippen molar-refractivity contribution in [1.82, 2.24) is 14.9 Å². The van der Waals surface area contributed by atoms with Gasteiger partial charge in [-0.2, -0.15) is 4.98 Å². The Morgan fingerprint density at radius 3 is 2.73 bits per heavy atom. The first-order valence-electron chi connectivity index (χ1n) is 10.2. The Kier molecular flexibility index (Phi) is 5.04. The average Bonchev–Trinajstić information content (AvgIpc) is 3.62. The number of carbonyl (C=O) groups excluding carboxylic acids is 1. The average molecular weight is 407 g/mol. The van der Waals surface area contributed by atoms with Gasteiger partial charge < -0.3 is 14.4 Å². The summed E-state index contributed by atoms with van der Waals surface area (Å²) in [5, 5.41) is 0.806. The van der Waals surface area contributed by atoms with E-state index >= 15 is 0 Å². The Balaban J connectivity index is 1.39. The molecule has 154 valence electrons. The number of hydrogen-bond acceptors (Lipinski definition) is 5. The number of benzene rings is 2. The minimum atomic E-state index is -0.311. The van der Waals surface area contributed by atoms with E-state index < -0.39 is 0 Å². The highest BCUT2D eigenvalue weighted by Crippen LogP contribution is 2.31. The van der Waals surface area contributed by atoms with Gasteiger partial charge in [-0.05, 0) is 48.6 Å². The molecular formula is C23H22FN3O3. The molecule has 1 aromatic heterocycles. The fourth-order valence-electron chi connectivity index (χ4n) is 3.59. The van der Waals surface area contributed by atoms with E-state index in [2.05, 4.69) is 9.97 Å². The van der Waals surface area contributed by atoms with Gasteiger partial charge in [0, 0.05) is 6.54 Å². The summed E-state index contributed by atoms with van der Waals surface area (Å²) in [7, 11) is 0. The zero-order valence-corrected chi connectivity index (χ0v) is 16.5. The van der Waals surface area contributed by atoms with Gasteiger partial charge in [0.05, 0.1) is 30.7 Å². The molecule has 1 atom stereocenters. The molecule has 2 aliphatic rings. The third kappa shape index (κ3) is 3.98. The van der Waals surface area contributed by atoms with E-state index in [9.17, 15) is 9.18 Å². The largest absolute Gasteiger partial charge is 0.477 e. The van der Waals surface area contributed by atoms with E-state index in [1.165, 1.54) is 25.0 Å². The minimum Gasteiger partial charge on any atom is -0.477 e. The molecule has 7 heteroatoms. The van der Waals surface area contributed by atoms with Crippen molar-refractivity contribution in [2.75, 3.05) is 26.3 Å². The number of para-hydroxylation sites is 1. The molecule has 1 saturated carbocycles. The van der Waals surface area contributed by atoms with Gasteiger partial charge in [-0.15, -0.1) is 0 Å². The molecule has 1 saturated heterocycles. The highest BCUT2D eigenvalue weighted by Gasteiger charge is 2.29. The van der Waals surface area contributed by atoms with Gasteiger partial charge in [0.25, 0.3) is 5.91 Å². The van der Waals surface area contributed by atoms with E-state index in [0.29, 0.717) is 43.6 Å². The number of aromatic nitrogens is 2. The van der Waals surface area contributed by atoms with Gasteiger partial charge in [-0.3, -0.25) is 4.79 Å². The molecule has 3 aromatic rings. The van der Waals surface area contributed by atoms with Gasteiger partial charge in [-0.25, -0.2) is 9.37 Å². The van der Waals surface area contributed by atoms with Crippen molar-refractivity contribution in [2.45, 2.75) is 18.9 Å². The van der Waals surface area contributed by atoms with Gasteiger partial charge in [0.1, 0.15) is 11.9 Å². The van der Waals surface area contributed by atoms with E-state index in [-0.39, 0.29) is 23.7 Å². The van der Waals surface area contributed by atoms with Gasteiger partial charge in [0.2, 0.25) is 11.7 Å². The number of amides is 1. The first kappa shape index (κ1) is 18.9. The number of hydrogen-bond donors (Lipinski definition) is 0. The summed E-state index contributed by atoms with van der Waals surface area (Å²) in [6.07, 6.45) is 2.04. The smallest absolute Gasteiger partial charge is 0.291 e. The molecule has 0 unspecified atom stereocenters. The molecule has 2 fully saturated rings. The molecule has 5 rings (SSSR count). The molecule has 0 spiro atoms. The number of ether oxygens (including phenoxy) is 2. The third-order valence-electron chi connectivity index (χ3n) is 5.51. The van der Waals surface area contributed by atoms with Crippen LogP contribution in [0.3, 0.4) is 0 Å². The first-order chi connectivity index (χ1) is 14.7. The van der Waals surface area contributed by atoms with Crippen LogP contribution in [0.15, 0.2) is 48.5 Å². The SMILES string of the molecule is O=C(c1nc(OCC2CC2)c2ccccc2n1)N1CCO[C@@H](c2ccc(F)cc2)C1. The van der Waals surface area contributed by atoms with Gasteiger partial charge in [0.15, 0.2) is 0 Å². The van der Waals surface area contributed by atoms with Crippen molar-refractivity contribution in [3.63, 3.8) is 0 Å². The van der Waals surface area contributed by atoms with Gasteiger partial charge in [-0.1, -0.05) is 24.3 Å². The summed E-state index contributed by atoms with van der Waals surface area (Å²) in [4.78, 5) is 23.9. The Morgan fingerprint density at radius 1 is 1.13 bits per heavy atom. The zero-order valence-electron chi connectivity index (χ0n) is 16.5. The number of halogens is 1. The Bertz CT molecular complexity index is 1070. The summed E-state index contributed by atoms with van der Waals surface area (Å²) < 4.78 is 25.0. The van der Waals surface area contributed by atoms with Crippen LogP contribution in [0.4, 0.5) is 4.39 Å². The lowest BCUT2D eigenvalue weighted by Crippen LogP contribution is -2.42. The van der Waals surface area contributed by atoms with E-state index in [0.717, 1.165) is 10.9 Å². The monoisotopic (exact) mass is 407 g/mol. The van der Waals surface area contributed by atoms with Crippen LogP contribution in [0.5, 0.6) is 5.88 Å². The lowest BCUT2D eigenvalue weighted by Gasteiger charge is -2.32. The second kappa shape index (κ2) is 7.99. The van der Waals surface area contributed by atoms with Crippen LogP contribution >= 0.6 is 0 Å². The molecule has 0 bridgehead atoms. The highest BCUT2D eigenvalue weighted by atomic mass is 19.1. The Morgan fingerprint density at radius 2 is 1.93 bits per heavy atom. The van der Waals surface area contributed by atoms with E-state index in [4.69, 9.17) is 9.47 Å². The van der Waals surface area contributed by atoms with Crippen molar-refractivity contribution in [2.24, 2.45) is 5.92 Å². The maximum absolute atomic E-state index is 13.2. The van der Waals surface area contributed by atoms with E-state index in [1.807, 2.05) is 24.3 Å². The maximum atomic E-state index is 13.2. The third-order valence-corrected chi connectivity index (χ3v) is 5.51. The lowest BCUT2D eigenvalue weighted by molar-refractivity contribution is -0.0232. The number of carbonyl (C=O) groups is 1. The summed E-state index contributed by atoms with van der Waals surface area (Å²) in [6.45, 7) is 1.81. The van der Waals surface area contributed by atoms with Crippen LogP contribution in [0.25, 0.3) is 10.9 Å². The van der Waals surface area contributed by atoms with Crippen LogP contribution in [-0.2, 0) is 4.74 Å². The van der Waals surface area contributed by atoms with Crippen LogP contribution in [0, 0.1) is 11.7 Å². The molecule has 1 aliphatic carbocycles. The van der Waals surface area contributed by atoms with Crippen LogP contribution in [0.1, 0.15) is 35.1 Å². The van der Waals surface area contributed by atoms with Gasteiger partial charge >= 0.3 is 0 Å². The fourth-order valence-corrected chi connectivity index (χ4v) is 3.59. The molecule has 2 heterocycles. The molecule has 0 N–H and O–H groups in total. The molecular weight excluding hydrogens is 385 g/mol. The molecule has 6 nitrogen and oxygen atoms in total. The summed E-state index contributed by atoms with van der Waals surface area (Å²) in [5.41, 5.74) is 1.52. The van der Waals surface area contributed by atoms with Crippen molar-refractivity contribution >= 4 is 16.8 Å². The minimum absolute atomic E-state index is 0.124. The maximum Gasteiger partial charge on any atom is 0.291 e. The summed E-state index contributed by atoms with van der Waals surface area (Å²) in [6, 6.07) is 13.7. The van der Waals surface area contributed by atoms with Crippen LogP contribution in [-0.4, -0.2) is 47.1 Å². The molecule has 2 aromatic carbocycles. The van der Waals surface area contributed by atoms with Crippen molar-refractivity contribution < 1.29 is 18.7 Å². The predicted octanol–water partition coefficient (Wildman–Crippen LogP) is 3.77. The number of fused-ring (bicyclic) bond motifs is 1. The topological polar surface area (TPSA) is 64.5 Å². The quantitative estimate of drug-likeness (QED) is 0.644. The van der Waals surface area contributed by atoms with Crippen molar-refractivity contribution in [1.29, 1.82) is 0 Å². The summed E-state index contributed by atoms with van der Waals surface area (Å²) in [5.74, 6) is 0.602. The van der Waals surface area contributed by atoms with Crippen LogP contribution < -0.4 is 4.74 Å². The summed E-state index contributed by atoms with van der Waals surface area (Å²) >= 11 is 0. The molecule has 0 radical (unpaired) electrons. The van der Waals surface area contributed by atoms with E-state index in [1.54, 1.807) is 17.0 Å². The Hall–Kier alpha value is -3.06. The zero-order chi connectivity index (χ0) is 20.5. The molecule has 1 aliphatic heterocycles.